The van der Waals surface area contributed by atoms with Crippen LogP contribution in [-0.2, 0) is 9.53 Å². The van der Waals surface area contributed by atoms with E-state index in [1.807, 2.05) is 0 Å². The summed E-state index contributed by atoms with van der Waals surface area (Å²) >= 11 is 6.52. The van der Waals surface area contributed by atoms with Gasteiger partial charge in [0.1, 0.15) is 6.23 Å². The van der Waals surface area contributed by atoms with Gasteiger partial charge in [-0.25, -0.2) is 4.79 Å². The van der Waals surface area contributed by atoms with Gasteiger partial charge in [-0.1, -0.05) is 22.0 Å². The van der Waals surface area contributed by atoms with Crippen LogP contribution < -0.4 is 16.6 Å². The Morgan fingerprint density at radius 1 is 1.64 bits per heavy atom. The van der Waals surface area contributed by atoms with E-state index < -0.39 is 17.5 Å². The number of ether oxygens (including phenoxy) is 1. The van der Waals surface area contributed by atoms with Crippen LogP contribution in [0.15, 0.2) is 32.9 Å². The maximum atomic E-state index is 11.9. The molecule has 1 aromatic rings. The molecule has 120 valence electrons. The van der Waals surface area contributed by atoms with Crippen molar-refractivity contribution in [1.29, 1.82) is 0 Å². The fourth-order valence-electron chi connectivity index (χ4n) is 2.37. The van der Waals surface area contributed by atoms with Gasteiger partial charge in [0.25, 0.3) is 5.56 Å². The van der Waals surface area contributed by atoms with E-state index in [-0.39, 0.29) is 27.4 Å². The molecule has 0 radical (unpaired) electrons. The molecule has 2 N–H and O–H groups in total. The molecule has 1 saturated heterocycles. The van der Waals surface area contributed by atoms with E-state index >= 15 is 0 Å². The minimum absolute atomic E-state index is 0.182. The van der Waals surface area contributed by atoms with Crippen LogP contribution in [-0.4, -0.2) is 32.4 Å². The molecule has 7 nitrogen and oxygen atoms in total. The molecule has 22 heavy (non-hydrogen) atoms. The highest BCUT2D eigenvalue weighted by molar-refractivity contribution is 9.10. The minimum Gasteiger partial charge on any atom is -0.351 e. The van der Waals surface area contributed by atoms with Crippen LogP contribution in [0, 0.1) is 0 Å². The summed E-state index contributed by atoms with van der Waals surface area (Å²) in [5, 5.41) is 2.81. The van der Waals surface area contributed by atoms with Crippen molar-refractivity contribution in [3.05, 3.63) is 44.2 Å². The first-order valence-electron chi connectivity index (χ1n) is 6.53. The van der Waals surface area contributed by atoms with E-state index in [4.69, 9.17) is 4.74 Å². The van der Waals surface area contributed by atoms with Gasteiger partial charge >= 0.3 is 5.69 Å². The Morgan fingerprint density at radius 3 is 2.91 bits per heavy atom. The molecule has 0 aromatic carbocycles. The summed E-state index contributed by atoms with van der Waals surface area (Å²) in [5.41, 5.74) is -1.07. The first kappa shape index (κ1) is 17.2. The van der Waals surface area contributed by atoms with Crippen LogP contribution in [0.4, 0.5) is 0 Å². The molecule has 4 atom stereocenters. The normalized spacial score (nSPS) is 25.7. The lowest BCUT2D eigenvalue weighted by Gasteiger charge is -2.21. The number of H-pyrrole nitrogens is 1. The predicted octanol–water partition coefficient (Wildman–Crippen LogP) is 1.04. The number of alkyl halides is 1. The Kier molecular flexibility index (Phi) is 5.41. The van der Waals surface area contributed by atoms with Crippen molar-refractivity contribution < 1.29 is 9.53 Å². The van der Waals surface area contributed by atoms with Gasteiger partial charge in [-0.05, 0) is 15.9 Å². The van der Waals surface area contributed by atoms with Gasteiger partial charge in [0.2, 0.25) is 5.91 Å². The third kappa shape index (κ3) is 3.58. The summed E-state index contributed by atoms with van der Waals surface area (Å²) in [4.78, 5) is 36.7. The quantitative estimate of drug-likeness (QED) is 0.544. The number of carbonyl (C=O) groups is 1. The molecule has 0 saturated carbocycles. The number of amides is 1. The number of carbonyl (C=O) groups excluding carboxylic acids is 1. The monoisotopic (exact) mass is 435 g/mol. The van der Waals surface area contributed by atoms with Crippen molar-refractivity contribution in [2.45, 2.75) is 36.5 Å². The molecule has 0 spiro atoms. The summed E-state index contributed by atoms with van der Waals surface area (Å²) in [6.07, 6.45) is 2.48. The zero-order valence-corrected chi connectivity index (χ0v) is 14.9. The highest BCUT2D eigenvalue weighted by Gasteiger charge is 2.40. The molecule has 1 fully saturated rings. The molecular formula is C13H15Br2N3O4. The van der Waals surface area contributed by atoms with Gasteiger partial charge in [0.15, 0.2) is 0 Å². The molecule has 0 bridgehead atoms. The van der Waals surface area contributed by atoms with Crippen LogP contribution in [0.3, 0.4) is 0 Å². The van der Waals surface area contributed by atoms with E-state index in [0.29, 0.717) is 6.42 Å². The second kappa shape index (κ2) is 6.93. The molecule has 2 heterocycles. The predicted molar refractivity (Wildman–Crippen MR) is 88.1 cm³/mol. The van der Waals surface area contributed by atoms with Gasteiger partial charge < -0.3 is 10.1 Å². The van der Waals surface area contributed by atoms with Crippen molar-refractivity contribution >= 4 is 37.8 Å². The highest BCUT2D eigenvalue weighted by atomic mass is 79.9. The van der Waals surface area contributed by atoms with Crippen LogP contribution in [0.2, 0.25) is 0 Å². The largest absolute Gasteiger partial charge is 0.351 e. The highest BCUT2D eigenvalue weighted by Crippen LogP contribution is 2.32. The maximum Gasteiger partial charge on any atom is 0.330 e. The number of aromatic amines is 1. The molecule has 9 heteroatoms. The average Bonchev–Trinajstić information content (AvgIpc) is 2.84. The van der Waals surface area contributed by atoms with E-state index in [2.05, 4.69) is 48.7 Å². The van der Waals surface area contributed by atoms with Crippen molar-refractivity contribution in [3.8, 4) is 0 Å². The third-order valence-corrected chi connectivity index (χ3v) is 4.79. The van der Waals surface area contributed by atoms with Gasteiger partial charge in [0.05, 0.1) is 21.4 Å². The van der Waals surface area contributed by atoms with Gasteiger partial charge in [-0.15, -0.1) is 6.58 Å². The lowest BCUT2D eigenvalue weighted by atomic mass is 10.1. The van der Waals surface area contributed by atoms with Gasteiger partial charge in [-0.3, -0.25) is 19.1 Å². The Hall–Kier alpha value is -1.19. The second-order valence-corrected chi connectivity index (χ2v) is 6.83. The molecule has 1 aliphatic heterocycles. The molecule has 1 aromatic heterocycles. The molecular weight excluding hydrogens is 422 g/mol. The number of rotatable bonds is 4. The fourth-order valence-corrected chi connectivity index (χ4v) is 3.18. The first-order chi connectivity index (χ1) is 10.3. The lowest BCUT2D eigenvalue weighted by Crippen LogP contribution is -2.42. The Balaban J connectivity index is 2.32. The third-order valence-electron chi connectivity index (χ3n) is 3.33. The van der Waals surface area contributed by atoms with Crippen LogP contribution in [0.1, 0.15) is 19.6 Å². The van der Waals surface area contributed by atoms with E-state index in [9.17, 15) is 14.4 Å². The van der Waals surface area contributed by atoms with Crippen LogP contribution in [0.25, 0.3) is 0 Å². The molecule has 1 unspecified atom stereocenters. The zero-order valence-electron chi connectivity index (χ0n) is 11.7. The number of hydrogen-bond donors (Lipinski definition) is 2. The van der Waals surface area contributed by atoms with Crippen molar-refractivity contribution in [3.63, 3.8) is 0 Å². The lowest BCUT2D eigenvalue weighted by molar-refractivity contribution is -0.120. The average molecular weight is 437 g/mol. The van der Waals surface area contributed by atoms with Crippen molar-refractivity contribution in [2.24, 2.45) is 0 Å². The van der Waals surface area contributed by atoms with Crippen LogP contribution in [0.5, 0.6) is 0 Å². The van der Waals surface area contributed by atoms with Gasteiger partial charge in [-0.2, -0.15) is 0 Å². The first-order valence-corrected chi connectivity index (χ1v) is 8.24. The number of nitrogens with zero attached hydrogens (tertiary/aromatic N) is 1. The number of aromatic nitrogens is 2. The van der Waals surface area contributed by atoms with E-state index in [0.717, 1.165) is 0 Å². The summed E-state index contributed by atoms with van der Waals surface area (Å²) in [5.74, 6) is -0.182. The van der Waals surface area contributed by atoms with Crippen LogP contribution >= 0.6 is 31.9 Å². The maximum absolute atomic E-state index is 11.9. The smallest absolute Gasteiger partial charge is 0.330 e. The Labute approximate surface area is 143 Å². The molecule has 1 aliphatic rings. The SMILES string of the molecule is C=CC(Br)[C@H]1O[C@@H](n2cc(Br)c(=O)[nH]c2=O)C[C@@H]1NC(C)=O. The molecule has 1 amide bonds. The Bertz CT molecular complexity index is 699. The van der Waals surface area contributed by atoms with Crippen molar-refractivity contribution in [2.75, 3.05) is 0 Å². The summed E-state index contributed by atoms with van der Waals surface area (Å²) in [6, 6.07) is -0.275. The topological polar surface area (TPSA) is 93.2 Å². The Morgan fingerprint density at radius 2 is 2.32 bits per heavy atom. The second-order valence-electron chi connectivity index (χ2n) is 4.92. The summed E-state index contributed by atoms with van der Waals surface area (Å²) in [6.45, 7) is 5.12. The van der Waals surface area contributed by atoms with E-state index in [1.54, 1.807) is 6.08 Å². The van der Waals surface area contributed by atoms with E-state index in [1.165, 1.54) is 17.7 Å². The summed E-state index contributed by atoms with van der Waals surface area (Å²) in [7, 11) is 0. The van der Waals surface area contributed by atoms with Crippen molar-refractivity contribution in [1.82, 2.24) is 14.9 Å². The number of hydrogen-bond acceptors (Lipinski definition) is 4. The number of halogens is 2. The van der Waals surface area contributed by atoms with Gasteiger partial charge in [0, 0.05) is 19.5 Å². The summed E-state index contributed by atoms with van der Waals surface area (Å²) < 4.78 is 7.40. The number of nitrogens with one attached hydrogen (secondary N) is 2. The fraction of sp³-hybridized carbons (Fsp3) is 0.462. The molecule has 0 aliphatic carbocycles. The molecule has 2 rings (SSSR count). The standard InChI is InChI=1S/C13H15Br2N3O4/c1-3-7(14)11-9(16-6(2)19)4-10(22-11)18-5-8(15)12(20)17-13(18)21/h3,5,7,9-11H,1,4H2,2H3,(H,16,19)(H,17,20,21)/t7?,9-,10+,11+/m0/s1. The minimum atomic E-state index is -0.595. The zero-order chi connectivity index (χ0) is 16.4.